The van der Waals surface area contributed by atoms with Crippen LogP contribution in [0.5, 0.6) is 0 Å². The first-order chi connectivity index (χ1) is 3.43. The molecular formula is C3H10O2Si2. The molecule has 1 fully saturated rings. The number of epoxide rings is 1. The van der Waals surface area contributed by atoms with Crippen LogP contribution in [0.2, 0.25) is 6.04 Å². The zero-order valence-corrected chi connectivity index (χ0v) is 7.93. The van der Waals surface area contributed by atoms with Crippen LogP contribution >= 0.6 is 0 Å². The molecule has 0 saturated carbocycles. The molecule has 1 rings (SSSR count). The van der Waals surface area contributed by atoms with Crippen LogP contribution in [0, 0.1) is 0 Å². The molecule has 0 aromatic carbocycles. The number of hydrogen-bond donors (Lipinski definition) is 0. The molecule has 1 saturated heterocycles. The van der Waals surface area contributed by atoms with Gasteiger partial charge in [0.1, 0.15) is 20.2 Å². The lowest BCUT2D eigenvalue weighted by Gasteiger charge is -1.89. The summed E-state index contributed by atoms with van der Waals surface area (Å²) in [6.45, 7) is 0.998. The second kappa shape index (κ2) is 2.61. The molecule has 0 aromatic heterocycles. The van der Waals surface area contributed by atoms with E-state index in [4.69, 9.17) is 8.85 Å². The Kier molecular flexibility index (Phi) is 2.05. The van der Waals surface area contributed by atoms with Gasteiger partial charge in [0.05, 0.1) is 12.7 Å². The van der Waals surface area contributed by atoms with Crippen molar-refractivity contribution in [1.82, 2.24) is 0 Å². The fraction of sp³-hybridized carbons (Fsp3) is 1.00. The van der Waals surface area contributed by atoms with E-state index in [0.29, 0.717) is 6.10 Å². The predicted octanol–water partition coefficient (Wildman–Crippen LogP) is -1.82. The average molecular weight is 134 g/mol. The van der Waals surface area contributed by atoms with Crippen LogP contribution in [0.3, 0.4) is 0 Å². The Morgan fingerprint density at radius 2 is 2.71 bits per heavy atom. The van der Waals surface area contributed by atoms with E-state index >= 15 is 0 Å². The Hall–Kier alpha value is 0.354. The van der Waals surface area contributed by atoms with Gasteiger partial charge in [-0.15, -0.1) is 0 Å². The second-order valence-corrected chi connectivity index (χ2v) is 5.03. The Bertz CT molecular complexity index is 54.9. The van der Waals surface area contributed by atoms with Gasteiger partial charge in [0.2, 0.25) is 0 Å². The maximum absolute atomic E-state index is 5.09. The minimum atomic E-state index is -0.127. The summed E-state index contributed by atoms with van der Waals surface area (Å²) in [7, 11) is 0.802. The quantitative estimate of drug-likeness (QED) is 0.335. The lowest BCUT2D eigenvalue weighted by Crippen LogP contribution is -1.97. The van der Waals surface area contributed by atoms with Gasteiger partial charge in [-0.25, -0.2) is 0 Å². The Morgan fingerprint density at radius 1 is 2.00 bits per heavy atom. The van der Waals surface area contributed by atoms with E-state index in [1.54, 1.807) is 0 Å². The van der Waals surface area contributed by atoms with Crippen LogP contribution in [0.1, 0.15) is 0 Å². The zero-order chi connectivity index (χ0) is 5.11. The van der Waals surface area contributed by atoms with Gasteiger partial charge in [-0.1, -0.05) is 0 Å². The standard InChI is InChI=1S/C3H10O2Si2/c6-5-7-2-3-1-4-3/h3H,1-2,7H2,6H3. The van der Waals surface area contributed by atoms with Gasteiger partial charge in [-0.3, -0.25) is 0 Å². The summed E-state index contributed by atoms with van der Waals surface area (Å²) in [4.78, 5) is 0. The minimum Gasteiger partial charge on any atom is -0.468 e. The molecule has 2 nitrogen and oxygen atoms in total. The summed E-state index contributed by atoms with van der Waals surface area (Å²) in [5, 5.41) is 0. The molecule has 0 bridgehead atoms. The van der Waals surface area contributed by atoms with E-state index in [1.807, 2.05) is 0 Å². The van der Waals surface area contributed by atoms with Crippen LogP contribution in [0.15, 0.2) is 0 Å². The lowest BCUT2D eigenvalue weighted by molar-refractivity contribution is 0.419. The summed E-state index contributed by atoms with van der Waals surface area (Å²) in [5.74, 6) is 0. The molecule has 1 unspecified atom stereocenters. The summed E-state index contributed by atoms with van der Waals surface area (Å²) in [6, 6.07) is 1.24. The third kappa shape index (κ3) is 2.23. The number of hydrogen-bond acceptors (Lipinski definition) is 2. The molecule has 7 heavy (non-hydrogen) atoms. The minimum absolute atomic E-state index is 0.127. The molecule has 4 heteroatoms. The molecule has 0 N–H and O–H groups in total. The maximum Gasteiger partial charge on any atom is 0.148 e. The molecule has 0 spiro atoms. The molecule has 1 aliphatic rings. The highest BCUT2D eigenvalue weighted by Gasteiger charge is 2.21. The highest BCUT2D eigenvalue weighted by Crippen LogP contribution is 2.12. The van der Waals surface area contributed by atoms with Crippen molar-refractivity contribution in [2.45, 2.75) is 12.1 Å². The van der Waals surface area contributed by atoms with E-state index in [2.05, 4.69) is 0 Å². The third-order valence-electron chi connectivity index (χ3n) is 1.05. The molecule has 1 aliphatic heterocycles. The van der Waals surface area contributed by atoms with E-state index in [1.165, 1.54) is 6.04 Å². The van der Waals surface area contributed by atoms with Crippen molar-refractivity contribution in [3.05, 3.63) is 0 Å². The monoisotopic (exact) mass is 134 g/mol. The van der Waals surface area contributed by atoms with Crippen LogP contribution in [0.4, 0.5) is 0 Å². The van der Waals surface area contributed by atoms with Crippen molar-refractivity contribution in [2.75, 3.05) is 6.61 Å². The Morgan fingerprint density at radius 3 is 3.14 bits per heavy atom. The first-order valence-corrected chi connectivity index (χ1v) is 4.93. The molecule has 1 heterocycles. The van der Waals surface area contributed by atoms with Gasteiger partial charge in [0.25, 0.3) is 0 Å². The first kappa shape index (κ1) is 5.49. The van der Waals surface area contributed by atoms with Crippen molar-refractivity contribution in [2.24, 2.45) is 0 Å². The van der Waals surface area contributed by atoms with Crippen LogP contribution in [0.25, 0.3) is 0 Å². The normalized spacial score (nSPS) is 30.0. The molecule has 0 radical (unpaired) electrons. The highest BCUT2D eigenvalue weighted by molar-refractivity contribution is 6.34. The summed E-state index contributed by atoms with van der Waals surface area (Å²) >= 11 is 0. The number of ether oxygens (including phenoxy) is 1. The molecule has 42 valence electrons. The fourth-order valence-corrected chi connectivity index (χ4v) is 2.02. The molecule has 0 amide bonds. The Balaban J connectivity index is 1.80. The molecule has 0 aromatic rings. The molecule has 0 aliphatic carbocycles. The van der Waals surface area contributed by atoms with Crippen LogP contribution < -0.4 is 0 Å². The van der Waals surface area contributed by atoms with Crippen molar-refractivity contribution in [3.63, 3.8) is 0 Å². The van der Waals surface area contributed by atoms with Gasteiger partial charge >= 0.3 is 0 Å². The van der Waals surface area contributed by atoms with Crippen molar-refractivity contribution in [3.8, 4) is 0 Å². The Labute approximate surface area is 48.7 Å². The van der Waals surface area contributed by atoms with E-state index in [-0.39, 0.29) is 9.76 Å². The van der Waals surface area contributed by atoms with Gasteiger partial charge in [-0.2, -0.15) is 0 Å². The number of rotatable bonds is 3. The van der Waals surface area contributed by atoms with Crippen molar-refractivity contribution < 1.29 is 8.85 Å². The first-order valence-electron chi connectivity index (χ1n) is 2.54. The van der Waals surface area contributed by atoms with Gasteiger partial charge in [0.15, 0.2) is 0 Å². The zero-order valence-electron chi connectivity index (χ0n) is 4.52. The second-order valence-electron chi connectivity index (χ2n) is 1.74. The molecular weight excluding hydrogens is 124 g/mol. The third-order valence-corrected chi connectivity index (χ3v) is 3.56. The SMILES string of the molecule is [SiH3]O[SiH2]CC1CO1. The summed E-state index contributed by atoms with van der Waals surface area (Å²) < 4.78 is 10.1. The largest absolute Gasteiger partial charge is 0.468 e. The fourth-order valence-electron chi connectivity index (χ4n) is 0.484. The predicted molar refractivity (Wildman–Crippen MR) is 34.1 cm³/mol. The van der Waals surface area contributed by atoms with E-state index in [9.17, 15) is 0 Å². The summed E-state index contributed by atoms with van der Waals surface area (Å²) in [5.41, 5.74) is 0. The van der Waals surface area contributed by atoms with Crippen LogP contribution in [-0.2, 0) is 8.85 Å². The maximum atomic E-state index is 5.09. The van der Waals surface area contributed by atoms with Gasteiger partial charge in [0, 0.05) is 0 Å². The van der Waals surface area contributed by atoms with Crippen molar-refractivity contribution in [1.29, 1.82) is 0 Å². The van der Waals surface area contributed by atoms with E-state index in [0.717, 1.165) is 17.1 Å². The van der Waals surface area contributed by atoms with Crippen molar-refractivity contribution >= 4 is 20.2 Å². The molecule has 1 atom stereocenters. The van der Waals surface area contributed by atoms with Crippen LogP contribution in [-0.4, -0.2) is 33.0 Å². The van der Waals surface area contributed by atoms with Gasteiger partial charge < -0.3 is 8.85 Å². The summed E-state index contributed by atoms with van der Waals surface area (Å²) in [6.07, 6.45) is 0.612. The smallest absolute Gasteiger partial charge is 0.148 e. The van der Waals surface area contributed by atoms with Gasteiger partial charge in [-0.05, 0) is 6.04 Å². The average Bonchev–Trinajstić information content (AvgIpc) is 2.42. The topological polar surface area (TPSA) is 21.8 Å². The lowest BCUT2D eigenvalue weighted by atomic mass is 10.6. The highest BCUT2D eigenvalue weighted by atomic mass is 28.3. The van der Waals surface area contributed by atoms with E-state index < -0.39 is 0 Å².